The van der Waals surface area contributed by atoms with Crippen molar-refractivity contribution in [2.24, 2.45) is 7.05 Å². The van der Waals surface area contributed by atoms with Crippen molar-refractivity contribution in [2.75, 3.05) is 5.73 Å². The Labute approximate surface area is 125 Å². The number of anilines is 1. The Morgan fingerprint density at radius 2 is 1.95 bits per heavy atom. The molecule has 0 amide bonds. The van der Waals surface area contributed by atoms with Crippen LogP contribution in [0.25, 0.3) is 10.9 Å². The lowest BCUT2D eigenvalue weighted by Crippen LogP contribution is -2.05. The molecule has 2 aromatic carbocycles. The fourth-order valence-corrected chi connectivity index (χ4v) is 2.59. The summed E-state index contributed by atoms with van der Waals surface area (Å²) in [6.07, 6.45) is 1.73. The van der Waals surface area contributed by atoms with E-state index in [-0.39, 0.29) is 11.5 Å². The fourth-order valence-electron chi connectivity index (χ4n) is 2.42. The van der Waals surface area contributed by atoms with Crippen molar-refractivity contribution < 1.29 is 9.18 Å². The largest absolute Gasteiger partial charge is 0.398 e. The van der Waals surface area contributed by atoms with E-state index >= 15 is 0 Å². The standard InChI is InChI=1S/C16H12ClFN2O/c1-20-8-13(11-4-2-9(17)6-15(11)20)16(21)12-5-3-10(18)7-14(12)19/h2-8H,19H2,1H3. The Morgan fingerprint density at radius 3 is 2.67 bits per heavy atom. The number of hydrogen-bond donors (Lipinski definition) is 1. The molecule has 0 atom stereocenters. The van der Waals surface area contributed by atoms with Crippen molar-refractivity contribution in [1.82, 2.24) is 4.57 Å². The Hall–Kier alpha value is -2.33. The van der Waals surface area contributed by atoms with Crippen LogP contribution < -0.4 is 5.73 Å². The molecule has 2 N–H and O–H groups in total. The van der Waals surface area contributed by atoms with Gasteiger partial charge in [0.15, 0.2) is 5.78 Å². The van der Waals surface area contributed by atoms with Crippen LogP contribution in [0.3, 0.4) is 0 Å². The summed E-state index contributed by atoms with van der Waals surface area (Å²) in [6.45, 7) is 0. The number of rotatable bonds is 2. The van der Waals surface area contributed by atoms with Gasteiger partial charge in [-0.2, -0.15) is 0 Å². The summed E-state index contributed by atoms with van der Waals surface area (Å²) in [6, 6.07) is 9.10. The molecule has 3 aromatic rings. The number of halogens is 2. The molecule has 0 bridgehead atoms. The summed E-state index contributed by atoms with van der Waals surface area (Å²) < 4.78 is 14.9. The maximum atomic E-state index is 13.1. The number of fused-ring (bicyclic) bond motifs is 1. The van der Waals surface area contributed by atoms with Crippen molar-refractivity contribution in [2.45, 2.75) is 0 Å². The molecular weight excluding hydrogens is 291 g/mol. The summed E-state index contributed by atoms with van der Waals surface area (Å²) in [5.41, 5.74) is 7.54. The first kappa shape index (κ1) is 13.6. The first-order valence-corrected chi connectivity index (χ1v) is 6.69. The van der Waals surface area contributed by atoms with Gasteiger partial charge in [-0.3, -0.25) is 4.79 Å². The number of nitrogens with two attached hydrogens (primary N) is 1. The number of aryl methyl sites for hydroxylation is 1. The number of carbonyl (C=O) groups is 1. The lowest BCUT2D eigenvalue weighted by Gasteiger charge is -2.04. The summed E-state index contributed by atoms with van der Waals surface area (Å²) in [4.78, 5) is 12.6. The first-order valence-electron chi connectivity index (χ1n) is 6.31. The van der Waals surface area contributed by atoms with Crippen molar-refractivity contribution in [3.05, 3.63) is 64.6 Å². The topological polar surface area (TPSA) is 48.0 Å². The van der Waals surface area contributed by atoms with Gasteiger partial charge in [-0.1, -0.05) is 17.7 Å². The molecule has 1 aromatic heterocycles. The van der Waals surface area contributed by atoms with Gasteiger partial charge in [0.25, 0.3) is 0 Å². The molecule has 0 fully saturated rings. The number of benzene rings is 2. The molecule has 0 saturated heterocycles. The first-order chi connectivity index (χ1) is 9.97. The molecular formula is C16H12ClFN2O. The van der Waals surface area contributed by atoms with Gasteiger partial charge in [0.1, 0.15) is 5.82 Å². The molecule has 3 rings (SSSR count). The van der Waals surface area contributed by atoms with E-state index in [0.717, 1.165) is 17.0 Å². The van der Waals surface area contributed by atoms with Gasteiger partial charge in [-0.05, 0) is 30.3 Å². The minimum absolute atomic E-state index is 0.131. The number of aromatic nitrogens is 1. The summed E-state index contributed by atoms with van der Waals surface area (Å²) in [5, 5.41) is 1.39. The normalized spacial score (nSPS) is 11.0. The zero-order valence-corrected chi connectivity index (χ0v) is 12.0. The highest BCUT2D eigenvalue weighted by Crippen LogP contribution is 2.27. The van der Waals surface area contributed by atoms with Gasteiger partial charge in [0, 0.05) is 46.0 Å². The van der Waals surface area contributed by atoms with E-state index in [1.54, 1.807) is 24.4 Å². The molecule has 5 heteroatoms. The average molecular weight is 303 g/mol. The zero-order valence-electron chi connectivity index (χ0n) is 11.2. The molecule has 0 aliphatic carbocycles. The minimum Gasteiger partial charge on any atom is -0.398 e. The van der Waals surface area contributed by atoms with Crippen molar-refractivity contribution in [3.8, 4) is 0 Å². The molecule has 21 heavy (non-hydrogen) atoms. The highest BCUT2D eigenvalue weighted by atomic mass is 35.5. The number of ketones is 1. The van der Waals surface area contributed by atoms with E-state index in [4.69, 9.17) is 17.3 Å². The second kappa shape index (κ2) is 4.90. The second-order valence-electron chi connectivity index (χ2n) is 4.88. The van der Waals surface area contributed by atoms with Gasteiger partial charge in [-0.15, -0.1) is 0 Å². The van der Waals surface area contributed by atoms with Gasteiger partial charge in [-0.25, -0.2) is 4.39 Å². The third-order valence-electron chi connectivity index (χ3n) is 3.46. The van der Waals surface area contributed by atoms with Gasteiger partial charge < -0.3 is 10.3 Å². The SMILES string of the molecule is Cn1cc(C(=O)c2ccc(F)cc2N)c2ccc(Cl)cc21. The molecule has 0 aliphatic rings. The highest BCUT2D eigenvalue weighted by molar-refractivity contribution is 6.31. The van der Waals surface area contributed by atoms with Crippen molar-refractivity contribution in [3.63, 3.8) is 0 Å². The highest BCUT2D eigenvalue weighted by Gasteiger charge is 2.18. The molecule has 3 nitrogen and oxygen atoms in total. The van der Waals surface area contributed by atoms with Crippen LogP contribution in [-0.2, 0) is 7.05 Å². The number of hydrogen-bond acceptors (Lipinski definition) is 2. The predicted octanol–water partition coefficient (Wildman–Crippen LogP) is 3.78. The summed E-state index contributed by atoms with van der Waals surface area (Å²) >= 11 is 5.98. The van der Waals surface area contributed by atoms with E-state index < -0.39 is 5.82 Å². The van der Waals surface area contributed by atoms with Crippen molar-refractivity contribution in [1.29, 1.82) is 0 Å². The second-order valence-corrected chi connectivity index (χ2v) is 5.31. The molecule has 0 unspecified atom stereocenters. The van der Waals surface area contributed by atoms with Crippen LogP contribution >= 0.6 is 11.6 Å². The average Bonchev–Trinajstić information content (AvgIpc) is 2.75. The van der Waals surface area contributed by atoms with Crippen molar-refractivity contribution >= 4 is 34.0 Å². The maximum Gasteiger partial charge on any atom is 0.197 e. The Bertz CT molecular complexity index is 870. The summed E-state index contributed by atoms with van der Waals surface area (Å²) in [7, 11) is 1.84. The molecule has 0 spiro atoms. The Kier molecular flexibility index (Phi) is 3.18. The molecule has 106 valence electrons. The van der Waals surface area contributed by atoms with E-state index in [1.165, 1.54) is 12.1 Å². The third kappa shape index (κ3) is 2.28. The van der Waals surface area contributed by atoms with Crippen LogP contribution in [0.15, 0.2) is 42.6 Å². The summed E-state index contributed by atoms with van der Waals surface area (Å²) in [5.74, 6) is -0.700. The number of nitrogen functional groups attached to an aromatic ring is 1. The maximum absolute atomic E-state index is 13.1. The lowest BCUT2D eigenvalue weighted by atomic mass is 10.0. The van der Waals surface area contributed by atoms with Crippen LogP contribution in [0, 0.1) is 5.82 Å². The van der Waals surface area contributed by atoms with E-state index in [9.17, 15) is 9.18 Å². The quantitative estimate of drug-likeness (QED) is 0.578. The molecule has 0 saturated carbocycles. The van der Waals surface area contributed by atoms with Gasteiger partial charge >= 0.3 is 0 Å². The van der Waals surface area contributed by atoms with E-state index in [2.05, 4.69) is 0 Å². The minimum atomic E-state index is -0.464. The smallest absolute Gasteiger partial charge is 0.197 e. The van der Waals surface area contributed by atoms with Gasteiger partial charge in [0.05, 0.1) is 0 Å². The number of carbonyl (C=O) groups excluding carboxylic acids is 1. The van der Waals surface area contributed by atoms with E-state index in [0.29, 0.717) is 16.1 Å². The van der Waals surface area contributed by atoms with Gasteiger partial charge in [0.2, 0.25) is 0 Å². The monoisotopic (exact) mass is 302 g/mol. The van der Waals surface area contributed by atoms with Crippen LogP contribution in [0.2, 0.25) is 5.02 Å². The molecule has 0 radical (unpaired) electrons. The third-order valence-corrected chi connectivity index (χ3v) is 3.69. The predicted molar refractivity (Wildman–Crippen MR) is 82.2 cm³/mol. The molecule has 0 aliphatic heterocycles. The van der Waals surface area contributed by atoms with Crippen LogP contribution in [0.5, 0.6) is 0 Å². The molecule has 1 heterocycles. The zero-order chi connectivity index (χ0) is 15.1. The Morgan fingerprint density at radius 1 is 1.19 bits per heavy atom. The fraction of sp³-hybridized carbons (Fsp3) is 0.0625. The Balaban J connectivity index is 2.18. The number of nitrogens with zero attached hydrogens (tertiary/aromatic N) is 1. The van der Waals surface area contributed by atoms with Crippen LogP contribution in [-0.4, -0.2) is 10.4 Å². The lowest BCUT2D eigenvalue weighted by molar-refractivity contribution is 0.104. The van der Waals surface area contributed by atoms with Crippen LogP contribution in [0.1, 0.15) is 15.9 Å². The van der Waals surface area contributed by atoms with Crippen LogP contribution in [0.4, 0.5) is 10.1 Å². The van der Waals surface area contributed by atoms with E-state index in [1.807, 2.05) is 11.6 Å².